The van der Waals surface area contributed by atoms with Gasteiger partial charge in [-0.15, -0.1) is 0 Å². The lowest BCUT2D eigenvalue weighted by Crippen LogP contribution is -2.47. The first-order chi connectivity index (χ1) is 7.16. The number of likely N-dealkylation sites (N-methyl/N-ethyl adjacent to an activating group) is 1. The number of anilines is 1. The van der Waals surface area contributed by atoms with Gasteiger partial charge in [-0.25, -0.2) is 0 Å². The first kappa shape index (κ1) is 9.97. The van der Waals surface area contributed by atoms with Gasteiger partial charge < -0.3 is 20.1 Å². The van der Waals surface area contributed by atoms with Gasteiger partial charge in [-0.2, -0.15) is 0 Å². The Morgan fingerprint density at radius 1 is 1.47 bits per heavy atom. The van der Waals surface area contributed by atoms with Crippen molar-refractivity contribution in [2.45, 2.75) is 0 Å². The molecule has 1 fully saturated rings. The van der Waals surface area contributed by atoms with Crippen molar-refractivity contribution in [3.05, 3.63) is 11.8 Å². The van der Waals surface area contributed by atoms with Crippen molar-refractivity contribution in [3.8, 4) is 0 Å². The van der Waals surface area contributed by atoms with Crippen LogP contribution < -0.4 is 5.73 Å². The van der Waals surface area contributed by atoms with Crippen LogP contribution in [0.3, 0.4) is 0 Å². The Balaban J connectivity index is 2.02. The molecule has 6 nitrogen and oxygen atoms in total. The van der Waals surface area contributed by atoms with E-state index < -0.39 is 0 Å². The average molecular weight is 210 g/mol. The number of nitrogen functional groups attached to an aromatic ring is 1. The third-order valence-corrected chi connectivity index (χ3v) is 2.54. The second-order valence-electron chi connectivity index (χ2n) is 3.71. The molecule has 15 heavy (non-hydrogen) atoms. The quantitative estimate of drug-likeness (QED) is 0.685. The van der Waals surface area contributed by atoms with E-state index >= 15 is 0 Å². The van der Waals surface area contributed by atoms with Crippen molar-refractivity contribution >= 4 is 11.8 Å². The Morgan fingerprint density at radius 3 is 2.67 bits per heavy atom. The minimum Gasteiger partial charge on any atom is -0.368 e. The molecule has 0 aliphatic carbocycles. The zero-order chi connectivity index (χ0) is 10.8. The van der Waals surface area contributed by atoms with Gasteiger partial charge >= 0.3 is 0 Å². The highest BCUT2D eigenvalue weighted by molar-refractivity contribution is 5.92. The van der Waals surface area contributed by atoms with Gasteiger partial charge in [-0.1, -0.05) is 5.16 Å². The smallest absolute Gasteiger partial charge is 0.276 e. The lowest BCUT2D eigenvalue weighted by Gasteiger charge is -2.31. The van der Waals surface area contributed by atoms with Crippen LogP contribution in [-0.2, 0) is 0 Å². The standard InChI is InChI=1S/C9H14N4O2/c1-12-2-4-13(5-3-12)9(14)7-6-8(10)15-11-7/h6H,2-5,10H2,1H3. The van der Waals surface area contributed by atoms with Gasteiger partial charge in [0.25, 0.3) is 5.91 Å². The molecule has 0 bridgehead atoms. The number of hydrogen-bond donors (Lipinski definition) is 1. The number of rotatable bonds is 1. The minimum atomic E-state index is -0.108. The summed E-state index contributed by atoms with van der Waals surface area (Å²) in [6, 6.07) is 1.46. The van der Waals surface area contributed by atoms with Crippen LogP contribution in [-0.4, -0.2) is 54.1 Å². The van der Waals surface area contributed by atoms with E-state index in [1.165, 1.54) is 6.07 Å². The predicted octanol–water partition coefficient (Wildman–Crippen LogP) is -0.356. The molecule has 2 N–H and O–H groups in total. The summed E-state index contributed by atoms with van der Waals surface area (Å²) < 4.78 is 4.67. The topological polar surface area (TPSA) is 75.6 Å². The van der Waals surface area contributed by atoms with Crippen molar-refractivity contribution in [1.29, 1.82) is 0 Å². The minimum absolute atomic E-state index is 0.108. The zero-order valence-corrected chi connectivity index (χ0v) is 8.64. The second kappa shape index (κ2) is 3.90. The number of hydrogen-bond acceptors (Lipinski definition) is 5. The molecule has 2 rings (SSSR count). The zero-order valence-electron chi connectivity index (χ0n) is 8.64. The summed E-state index contributed by atoms with van der Waals surface area (Å²) in [5.41, 5.74) is 5.65. The maximum atomic E-state index is 11.8. The van der Waals surface area contributed by atoms with Crippen LogP contribution >= 0.6 is 0 Å². The van der Waals surface area contributed by atoms with E-state index in [9.17, 15) is 4.79 Å². The number of aromatic nitrogens is 1. The van der Waals surface area contributed by atoms with E-state index in [1.807, 2.05) is 7.05 Å². The highest BCUT2D eigenvalue weighted by Gasteiger charge is 2.22. The molecule has 1 aliphatic rings. The van der Waals surface area contributed by atoms with E-state index in [2.05, 4.69) is 14.6 Å². The molecule has 0 unspecified atom stereocenters. The van der Waals surface area contributed by atoms with Crippen LogP contribution in [0.1, 0.15) is 10.5 Å². The normalized spacial score (nSPS) is 18.1. The van der Waals surface area contributed by atoms with E-state index in [4.69, 9.17) is 5.73 Å². The van der Waals surface area contributed by atoms with Crippen LogP contribution in [0.15, 0.2) is 10.6 Å². The number of nitrogens with zero attached hydrogens (tertiary/aromatic N) is 3. The summed E-state index contributed by atoms with van der Waals surface area (Å²) in [4.78, 5) is 15.8. The van der Waals surface area contributed by atoms with Crippen molar-refractivity contribution in [3.63, 3.8) is 0 Å². The lowest BCUT2D eigenvalue weighted by atomic mass is 10.3. The summed E-state index contributed by atoms with van der Waals surface area (Å²) in [7, 11) is 2.04. The molecular formula is C9H14N4O2. The Labute approximate surface area is 87.6 Å². The van der Waals surface area contributed by atoms with Gasteiger partial charge in [0.2, 0.25) is 5.88 Å². The highest BCUT2D eigenvalue weighted by atomic mass is 16.5. The number of carbonyl (C=O) groups excluding carboxylic acids is 1. The third-order valence-electron chi connectivity index (χ3n) is 2.54. The Hall–Kier alpha value is -1.56. The van der Waals surface area contributed by atoms with E-state index in [-0.39, 0.29) is 17.5 Å². The largest absolute Gasteiger partial charge is 0.368 e. The van der Waals surface area contributed by atoms with Crippen molar-refractivity contribution < 1.29 is 9.32 Å². The monoisotopic (exact) mass is 210 g/mol. The molecule has 1 aromatic heterocycles. The Bertz CT molecular complexity index is 355. The first-order valence-electron chi connectivity index (χ1n) is 4.87. The summed E-state index contributed by atoms with van der Waals surface area (Å²) >= 11 is 0. The van der Waals surface area contributed by atoms with Gasteiger partial charge in [0.05, 0.1) is 0 Å². The number of piperazine rings is 1. The predicted molar refractivity (Wildman–Crippen MR) is 54.3 cm³/mol. The molecule has 1 aromatic rings. The van der Waals surface area contributed by atoms with Crippen molar-refractivity contribution in [1.82, 2.24) is 15.0 Å². The fourth-order valence-electron chi connectivity index (χ4n) is 1.56. The maximum Gasteiger partial charge on any atom is 0.276 e. The molecule has 2 heterocycles. The summed E-state index contributed by atoms with van der Waals surface area (Å²) in [6.07, 6.45) is 0. The summed E-state index contributed by atoms with van der Waals surface area (Å²) in [5, 5.41) is 3.61. The molecule has 0 aromatic carbocycles. The van der Waals surface area contributed by atoms with Gasteiger partial charge in [-0.05, 0) is 7.05 Å². The molecule has 0 radical (unpaired) electrons. The summed E-state index contributed by atoms with van der Waals surface area (Å²) in [5.74, 6) is 0.0658. The van der Waals surface area contributed by atoms with Gasteiger partial charge in [-0.3, -0.25) is 4.79 Å². The van der Waals surface area contributed by atoms with E-state index in [1.54, 1.807) is 4.90 Å². The molecule has 6 heteroatoms. The number of carbonyl (C=O) groups is 1. The highest BCUT2D eigenvalue weighted by Crippen LogP contribution is 2.09. The molecule has 0 atom stereocenters. The average Bonchev–Trinajstić information content (AvgIpc) is 2.65. The van der Waals surface area contributed by atoms with E-state index in [0.29, 0.717) is 0 Å². The Morgan fingerprint density at radius 2 is 2.13 bits per heavy atom. The first-order valence-corrected chi connectivity index (χ1v) is 4.87. The third kappa shape index (κ3) is 2.10. The molecule has 0 spiro atoms. The maximum absolute atomic E-state index is 11.8. The van der Waals surface area contributed by atoms with Gasteiger partial charge in [0.1, 0.15) is 0 Å². The second-order valence-corrected chi connectivity index (χ2v) is 3.71. The van der Waals surface area contributed by atoms with Crippen LogP contribution in [0, 0.1) is 0 Å². The molecule has 82 valence electrons. The molecule has 1 amide bonds. The Kier molecular flexibility index (Phi) is 2.59. The van der Waals surface area contributed by atoms with Crippen LogP contribution in [0.25, 0.3) is 0 Å². The van der Waals surface area contributed by atoms with Crippen LogP contribution in [0.2, 0.25) is 0 Å². The summed E-state index contributed by atoms with van der Waals surface area (Å²) in [6.45, 7) is 3.22. The number of nitrogens with two attached hydrogens (primary N) is 1. The van der Waals surface area contributed by atoms with Gasteiger partial charge in [0, 0.05) is 32.2 Å². The number of amides is 1. The lowest BCUT2D eigenvalue weighted by molar-refractivity contribution is 0.0654. The molecule has 1 saturated heterocycles. The fraction of sp³-hybridized carbons (Fsp3) is 0.556. The van der Waals surface area contributed by atoms with E-state index in [0.717, 1.165) is 26.2 Å². The molecule has 0 saturated carbocycles. The van der Waals surface area contributed by atoms with Crippen molar-refractivity contribution in [2.24, 2.45) is 0 Å². The van der Waals surface area contributed by atoms with Crippen molar-refractivity contribution in [2.75, 3.05) is 39.0 Å². The van der Waals surface area contributed by atoms with Crippen LogP contribution in [0.4, 0.5) is 5.88 Å². The fourth-order valence-corrected chi connectivity index (χ4v) is 1.56. The van der Waals surface area contributed by atoms with Gasteiger partial charge in [0.15, 0.2) is 5.69 Å². The van der Waals surface area contributed by atoms with Crippen LogP contribution in [0.5, 0.6) is 0 Å². The molecular weight excluding hydrogens is 196 g/mol. The molecule has 1 aliphatic heterocycles. The SMILES string of the molecule is CN1CCN(C(=O)c2cc(N)on2)CC1.